The molecule has 2 aromatic carbocycles. The average molecular weight is 362 g/mol. The van der Waals surface area contributed by atoms with Crippen LogP contribution in [0.25, 0.3) is 0 Å². The molecule has 3 heteroatoms. The summed E-state index contributed by atoms with van der Waals surface area (Å²) < 4.78 is 12.1. The number of benzene rings is 2. The van der Waals surface area contributed by atoms with E-state index in [0.29, 0.717) is 5.56 Å². The predicted molar refractivity (Wildman–Crippen MR) is 106 cm³/mol. The molecular weight excluding hydrogens is 336 g/mol. The van der Waals surface area contributed by atoms with Crippen LogP contribution in [0.1, 0.15) is 53.1 Å². The molecule has 0 heterocycles. The van der Waals surface area contributed by atoms with E-state index in [2.05, 4.69) is 18.2 Å². The van der Waals surface area contributed by atoms with Crippen LogP contribution in [0.4, 0.5) is 0 Å². The van der Waals surface area contributed by atoms with Crippen LogP contribution in [0.3, 0.4) is 0 Å². The van der Waals surface area contributed by atoms with E-state index in [0.717, 1.165) is 36.1 Å². The van der Waals surface area contributed by atoms with Crippen LogP contribution in [0, 0.1) is 12.8 Å². The van der Waals surface area contributed by atoms with Crippen LogP contribution >= 0.6 is 0 Å². The Balaban J connectivity index is 1.69. The molecule has 3 nitrogen and oxygen atoms in total. The monoisotopic (exact) mass is 362 g/mol. The first-order valence-electron chi connectivity index (χ1n) is 9.75. The first kappa shape index (κ1) is 18.0. The second-order valence-corrected chi connectivity index (χ2v) is 7.68. The van der Waals surface area contributed by atoms with Crippen molar-refractivity contribution in [1.29, 1.82) is 0 Å². The molecule has 2 aliphatic carbocycles. The molecule has 3 atom stereocenters. The van der Waals surface area contributed by atoms with Gasteiger partial charge in [-0.15, -0.1) is 0 Å². The molecule has 27 heavy (non-hydrogen) atoms. The van der Waals surface area contributed by atoms with Gasteiger partial charge < -0.3 is 9.47 Å². The molecule has 0 N–H and O–H groups in total. The van der Waals surface area contributed by atoms with Crippen molar-refractivity contribution in [3.8, 4) is 0 Å². The van der Waals surface area contributed by atoms with Crippen molar-refractivity contribution in [2.45, 2.75) is 44.1 Å². The van der Waals surface area contributed by atoms with Gasteiger partial charge in [-0.3, -0.25) is 0 Å². The van der Waals surface area contributed by atoms with Crippen LogP contribution in [-0.2, 0) is 9.47 Å². The van der Waals surface area contributed by atoms with Gasteiger partial charge in [-0.2, -0.15) is 0 Å². The third kappa shape index (κ3) is 3.21. The van der Waals surface area contributed by atoms with Gasteiger partial charge >= 0.3 is 5.97 Å². The van der Waals surface area contributed by atoms with E-state index in [1.807, 2.05) is 49.4 Å². The Kier molecular flexibility index (Phi) is 4.88. The molecule has 2 aromatic rings. The third-order valence-corrected chi connectivity index (χ3v) is 6.11. The molecule has 1 fully saturated rings. The molecular formula is C24H26O3. The fourth-order valence-electron chi connectivity index (χ4n) is 4.73. The molecule has 1 unspecified atom stereocenters. The number of carbonyl (C=O) groups excluding carboxylic acids is 1. The van der Waals surface area contributed by atoms with Crippen molar-refractivity contribution in [2.75, 3.05) is 7.11 Å². The van der Waals surface area contributed by atoms with Gasteiger partial charge in [0.05, 0.1) is 17.1 Å². The molecule has 140 valence electrons. The fraction of sp³-hybridized carbons (Fsp3) is 0.375. The largest absolute Gasteiger partial charge is 0.427 e. The maximum Gasteiger partial charge on any atom is 0.343 e. The first-order valence-corrected chi connectivity index (χ1v) is 9.75. The Bertz CT molecular complexity index is 838. The smallest absolute Gasteiger partial charge is 0.343 e. The summed E-state index contributed by atoms with van der Waals surface area (Å²) in [6, 6.07) is 17.8. The van der Waals surface area contributed by atoms with E-state index < -0.39 is 0 Å². The maximum absolute atomic E-state index is 12.8. The minimum atomic E-state index is -0.317. The molecule has 0 saturated heterocycles. The minimum Gasteiger partial charge on any atom is -0.427 e. The molecule has 0 spiro atoms. The molecule has 2 aliphatic rings. The highest BCUT2D eigenvalue weighted by molar-refractivity contribution is 5.90. The number of fused-ring (bicyclic) bond motifs is 1. The summed E-state index contributed by atoms with van der Waals surface area (Å²) in [7, 11) is 1.80. The SMILES string of the molecule is CO[C@]12CCCCC1C=C(OC(=O)c1ccc(C)cc1)[C@H]2c1ccccc1. The van der Waals surface area contributed by atoms with Gasteiger partial charge in [0, 0.05) is 13.0 Å². The van der Waals surface area contributed by atoms with Gasteiger partial charge in [-0.25, -0.2) is 4.79 Å². The van der Waals surface area contributed by atoms with Crippen LogP contribution < -0.4 is 0 Å². The molecule has 0 radical (unpaired) electrons. The topological polar surface area (TPSA) is 35.5 Å². The maximum atomic E-state index is 12.8. The van der Waals surface area contributed by atoms with Crippen molar-refractivity contribution in [3.05, 3.63) is 83.1 Å². The average Bonchev–Trinajstić information content (AvgIpc) is 3.03. The Hall–Kier alpha value is -2.39. The normalized spacial score (nSPS) is 27.0. The van der Waals surface area contributed by atoms with Crippen molar-refractivity contribution < 1.29 is 14.3 Å². The molecule has 4 rings (SSSR count). The van der Waals surface area contributed by atoms with Crippen LogP contribution in [-0.4, -0.2) is 18.7 Å². The highest BCUT2D eigenvalue weighted by atomic mass is 16.5. The Morgan fingerprint density at radius 2 is 1.78 bits per heavy atom. The zero-order valence-electron chi connectivity index (χ0n) is 16.0. The van der Waals surface area contributed by atoms with Crippen molar-refractivity contribution in [3.63, 3.8) is 0 Å². The van der Waals surface area contributed by atoms with Gasteiger partial charge in [0.25, 0.3) is 0 Å². The van der Waals surface area contributed by atoms with Crippen LogP contribution in [0.15, 0.2) is 66.4 Å². The Morgan fingerprint density at radius 1 is 1.04 bits per heavy atom. The first-order chi connectivity index (χ1) is 13.1. The number of ether oxygens (including phenoxy) is 2. The van der Waals surface area contributed by atoms with Crippen molar-refractivity contribution in [1.82, 2.24) is 0 Å². The summed E-state index contributed by atoms with van der Waals surface area (Å²) in [6.45, 7) is 2.01. The summed E-state index contributed by atoms with van der Waals surface area (Å²) in [5.74, 6) is 0.665. The third-order valence-electron chi connectivity index (χ3n) is 6.11. The lowest BCUT2D eigenvalue weighted by molar-refractivity contribution is -0.0751. The van der Waals surface area contributed by atoms with Crippen molar-refractivity contribution >= 4 is 5.97 Å². The second kappa shape index (κ2) is 7.32. The number of hydrogen-bond donors (Lipinski definition) is 0. The summed E-state index contributed by atoms with van der Waals surface area (Å²) in [5, 5.41) is 0. The van der Waals surface area contributed by atoms with Gasteiger partial charge in [0.1, 0.15) is 5.76 Å². The van der Waals surface area contributed by atoms with E-state index in [1.165, 1.54) is 6.42 Å². The van der Waals surface area contributed by atoms with Crippen LogP contribution in [0.5, 0.6) is 0 Å². The zero-order valence-corrected chi connectivity index (χ0v) is 16.0. The Morgan fingerprint density at radius 3 is 2.48 bits per heavy atom. The number of rotatable bonds is 4. The molecule has 0 bridgehead atoms. The summed E-state index contributed by atoms with van der Waals surface area (Å²) in [5.41, 5.74) is 2.53. The number of aryl methyl sites for hydroxylation is 1. The van der Waals surface area contributed by atoms with Crippen LogP contribution in [0.2, 0.25) is 0 Å². The highest BCUT2D eigenvalue weighted by Crippen LogP contribution is 2.55. The number of esters is 1. The van der Waals surface area contributed by atoms with Gasteiger partial charge in [-0.05, 0) is 43.5 Å². The number of methoxy groups -OCH3 is 1. The Labute approximate surface area is 161 Å². The summed E-state index contributed by atoms with van der Waals surface area (Å²) in [6.07, 6.45) is 6.53. The van der Waals surface area contributed by atoms with E-state index >= 15 is 0 Å². The molecule has 1 saturated carbocycles. The zero-order chi connectivity index (χ0) is 18.9. The minimum absolute atomic E-state index is 0.0524. The summed E-state index contributed by atoms with van der Waals surface area (Å²) >= 11 is 0. The van der Waals surface area contributed by atoms with E-state index in [-0.39, 0.29) is 23.4 Å². The lowest BCUT2D eigenvalue weighted by Crippen LogP contribution is -2.44. The van der Waals surface area contributed by atoms with E-state index in [1.54, 1.807) is 7.11 Å². The van der Waals surface area contributed by atoms with Gasteiger partial charge in [0.2, 0.25) is 0 Å². The second-order valence-electron chi connectivity index (χ2n) is 7.68. The summed E-state index contributed by atoms with van der Waals surface area (Å²) in [4.78, 5) is 12.8. The quantitative estimate of drug-likeness (QED) is 0.682. The molecule has 0 aromatic heterocycles. The molecule has 0 amide bonds. The standard InChI is InChI=1S/C24H26O3/c1-17-11-13-19(14-12-17)23(25)27-21-16-20-10-6-7-15-24(20,26-2)22(21)18-8-4-3-5-9-18/h3-5,8-9,11-14,16,20,22H,6-7,10,15H2,1-2H3/t20?,22-,24-/m1/s1. The van der Waals surface area contributed by atoms with E-state index in [9.17, 15) is 4.79 Å². The van der Waals surface area contributed by atoms with E-state index in [4.69, 9.17) is 9.47 Å². The number of hydrogen-bond acceptors (Lipinski definition) is 3. The lowest BCUT2D eigenvalue weighted by atomic mass is 9.70. The highest BCUT2D eigenvalue weighted by Gasteiger charge is 2.54. The number of carbonyl (C=O) groups is 1. The lowest BCUT2D eigenvalue weighted by Gasteiger charge is -2.43. The van der Waals surface area contributed by atoms with Crippen molar-refractivity contribution in [2.24, 2.45) is 5.92 Å². The molecule has 0 aliphatic heterocycles. The van der Waals surface area contributed by atoms with Gasteiger partial charge in [-0.1, -0.05) is 60.9 Å². The van der Waals surface area contributed by atoms with Gasteiger partial charge in [0.15, 0.2) is 0 Å². The predicted octanol–water partition coefficient (Wildman–Crippen LogP) is 5.41. The fourth-order valence-corrected chi connectivity index (χ4v) is 4.73.